The summed E-state index contributed by atoms with van der Waals surface area (Å²) in [5, 5.41) is 12.4. The number of benzene rings is 2. The maximum atomic E-state index is 12.7. The number of hydrogen-bond donors (Lipinski definition) is 1. The quantitative estimate of drug-likeness (QED) is 0.432. The Morgan fingerprint density at radius 1 is 1.00 bits per heavy atom. The lowest BCUT2D eigenvalue weighted by Gasteiger charge is -2.32. The number of nitriles is 1. The van der Waals surface area contributed by atoms with Crippen LogP contribution in [0.1, 0.15) is 29.9 Å². The number of nitrogens with one attached hydrogen (secondary N) is 1. The van der Waals surface area contributed by atoms with Crippen molar-refractivity contribution in [3.05, 3.63) is 94.3 Å². The summed E-state index contributed by atoms with van der Waals surface area (Å²) in [6, 6.07) is 22.6. The molecule has 5 rings (SSSR count). The first-order valence-electron chi connectivity index (χ1n) is 12.5. The van der Waals surface area contributed by atoms with E-state index >= 15 is 0 Å². The largest absolute Gasteiger partial charge is 0.367 e. The highest BCUT2D eigenvalue weighted by molar-refractivity contribution is 5.78. The lowest BCUT2D eigenvalue weighted by molar-refractivity contribution is 0.211. The molecule has 4 aromatic rings. The summed E-state index contributed by atoms with van der Waals surface area (Å²) >= 11 is 0. The molecule has 1 N–H and O–H groups in total. The lowest BCUT2D eigenvalue weighted by Crippen LogP contribution is -2.38. The van der Waals surface area contributed by atoms with Crippen LogP contribution in [0.2, 0.25) is 0 Å². The third kappa shape index (κ3) is 5.42. The van der Waals surface area contributed by atoms with Crippen LogP contribution >= 0.6 is 0 Å². The molecule has 1 aliphatic heterocycles. The van der Waals surface area contributed by atoms with Gasteiger partial charge in [-0.05, 0) is 31.4 Å². The van der Waals surface area contributed by atoms with E-state index in [9.17, 15) is 4.79 Å². The maximum Gasteiger partial charge on any atom is 0.272 e. The van der Waals surface area contributed by atoms with E-state index in [4.69, 9.17) is 5.26 Å². The van der Waals surface area contributed by atoms with E-state index in [1.54, 1.807) is 23.8 Å². The Balaban J connectivity index is 1.27. The molecule has 0 aliphatic carbocycles. The standard InChI is InChI=1S/C29H29N7O/c1-20-29(37)35(2)28(27(32-20)22-6-4-3-5-7-22)23-10-8-21(9-11-23)19-36-16-13-24(14-17-36)33-25-12-15-31-26(18-30)34-25/h3-12,15,24H,13-14,16-17,19H2,1-2H3,(H,31,33,34). The minimum absolute atomic E-state index is 0.0824. The number of aromatic nitrogens is 4. The van der Waals surface area contributed by atoms with E-state index in [0.29, 0.717) is 17.6 Å². The fraction of sp³-hybridized carbons (Fsp3) is 0.276. The summed E-state index contributed by atoms with van der Waals surface area (Å²) in [5.41, 5.74) is 5.24. The molecule has 1 saturated heterocycles. The van der Waals surface area contributed by atoms with Crippen LogP contribution in [-0.2, 0) is 13.6 Å². The number of aryl methyl sites for hydroxylation is 1. The monoisotopic (exact) mass is 491 g/mol. The number of piperidine rings is 1. The fourth-order valence-electron chi connectivity index (χ4n) is 4.86. The van der Waals surface area contributed by atoms with Crippen molar-refractivity contribution < 1.29 is 0 Å². The molecule has 3 heterocycles. The molecule has 2 aromatic heterocycles. The van der Waals surface area contributed by atoms with Gasteiger partial charge in [-0.1, -0.05) is 54.6 Å². The number of rotatable bonds is 6. The average Bonchev–Trinajstić information content (AvgIpc) is 2.94. The first kappa shape index (κ1) is 24.3. The van der Waals surface area contributed by atoms with Gasteiger partial charge in [0.2, 0.25) is 5.82 Å². The van der Waals surface area contributed by atoms with Gasteiger partial charge >= 0.3 is 0 Å². The van der Waals surface area contributed by atoms with Crippen molar-refractivity contribution in [2.24, 2.45) is 7.05 Å². The van der Waals surface area contributed by atoms with Crippen LogP contribution in [0.3, 0.4) is 0 Å². The number of anilines is 1. The van der Waals surface area contributed by atoms with Gasteiger partial charge in [0, 0.05) is 50.0 Å². The summed E-state index contributed by atoms with van der Waals surface area (Å²) in [5.74, 6) is 0.888. The van der Waals surface area contributed by atoms with Crippen LogP contribution in [-0.4, -0.2) is 43.6 Å². The zero-order valence-electron chi connectivity index (χ0n) is 21.1. The van der Waals surface area contributed by atoms with E-state index < -0.39 is 0 Å². The van der Waals surface area contributed by atoms with Crippen molar-refractivity contribution in [3.8, 4) is 28.6 Å². The van der Waals surface area contributed by atoms with Crippen molar-refractivity contribution in [1.29, 1.82) is 5.26 Å². The van der Waals surface area contributed by atoms with Gasteiger partial charge in [0.05, 0.1) is 11.4 Å². The summed E-state index contributed by atoms with van der Waals surface area (Å²) in [6.45, 7) is 4.58. The molecule has 8 heteroatoms. The first-order chi connectivity index (χ1) is 18.0. The summed E-state index contributed by atoms with van der Waals surface area (Å²) in [4.78, 5) is 28.0. The summed E-state index contributed by atoms with van der Waals surface area (Å²) < 4.78 is 1.70. The second-order valence-electron chi connectivity index (χ2n) is 9.39. The molecule has 1 aliphatic rings. The van der Waals surface area contributed by atoms with Gasteiger partial charge < -0.3 is 9.88 Å². The molecule has 0 radical (unpaired) electrons. The van der Waals surface area contributed by atoms with Gasteiger partial charge in [-0.2, -0.15) is 5.26 Å². The fourth-order valence-corrected chi connectivity index (χ4v) is 4.86. The topological polar surface area (TPSA) is 99.7 Å². The van der Waals surface area contributed by atoms with E-state index in [1.807, 2.05) is 43.4 Å². The SMILES string of the molecule is Cc1nc(-c2ccccc2)c(-c2ccc(CN3CCC(Nc4ccnc(C#N)n4)CC3)cc2)n(C)c1=O. The Kier molecular flexibility index (Phi) is 7.06. The van der Waals surface area contributed by atoms with Gasteiger partial charge in [-0.25, -0.2) is 15.0 Å². The molecular formula is C29H29N7O. The van der Waals surface area contributed by atoms with Crippen LogP contribution in [0, 0.1) is 18.3 Å². The highest BCUT2D eigenvalue weighted by atomic mass is 16.1. The third-order valence-corrected chi connectivity index (χ3v) is 6.83. The minimum Gasteiger partial charge on any atom is -0.367 e. The van der Waals surface area contributed by atoms with Gasteiger partial charge in [0.1, 0.15) is 17.6 Å². The molecule has 0 atom stereocenters. The molecule has 8 nitrogen and oxygen atoms in total. The number of nitrogens with zero attached hydrogens (tertiary/aromatic N) is 6. The Labute approximate surface area is 216 Å². The predicted molar refractivity (Wildman–Crippen MR) is 144 cm³/mol. The minimum atomic E-state index is -0.0824. The van der Waals surface area contributed by atoms with Crippen LogP contribution in [0.15, 0.2) is 71.7 Å². The predicted octanol–water partition coefficient (Wildman–Crippen LogP) is 4.16. The van der Waals surface area contributed by atoms with E-state index in [1.165, 1.54) is 5.56 Å². The van der Waals surface area contributed by atoms with Gasteiger partial charge in [-0.3, -0.25) is 9.69 Å². The van der Waals surface area contributed by atoms with Gasteiger partial charge in [-0.15, -0.1) is 0 Å². The second kappa shape index (κ2) is 10.7. The van der Waals surface area contributed by atoms with Crippen LogP contribution < -0.4 is 10.9 Å². The van der Waals surface area contributed by atoms with Crippen molar-refractivity contribution in [2.45, 2.75) is 32.4 Å². The van der Waals surface area contributed by atoms with E-state index in [-0.39, 0.29) is 11.4 Å². The second-order valence-corrected chi connectivity index (χ2v) is 9.39. The Morgan fingerprint density at radius 2 is 1.73 bits per heavy atom. The van der Waals surface area contributed by atoms with Gasteiger partial charge in [0.15, 0.2) is 0 Å². The van der Waals surface area contributed by atoms with Crippen LogP contribution in [0.25, 0.3) is 22.5 Å². The number of hydrogen-bond acceptors (Lipinski definition) is 7. The smallest absolute Gasteiger partial charge is 0.272 e. The molecule has 2 aromatic carbocycles. The maximum absolute atomic E-state index is 12.7. The van der Waals surface area contributed by atoms with E-state index in [0.717, 1.165) is 55.0 Å². The molecule has 37 heavy (non-hydrogen) atoms. The van der Waals surface area contributed by atoms with Crippen molar-refractivity contribution in [1.82, 2.24) is 24.4 Å². The molecule has 0 saturated carbocycles. The molecule has 0 amide bonds. The van der Waals surface area contributed by atoms with Crippen molar-refractivity contribution in [3.63, 3.8) is 0 Å². The zero-order valence-corrected chi connectivity index (χ0v) is 21.1. The molecule has 186 valence electrons. The Bertz CT molecular complexity index is 1480. The highest BCUT2D eigenvalue weighted by Gasteiger charge is 2.20. The summed E-state index contributed by atoms with van der Waals surface area (Å²) in [6.07, 6.45) is 3.61. The zero-order chi connectivity index (χ0) is 25.8. The van der Waals surface area contributed by atoms with Gasteiger partial charge in [0.25, 0.3) is 5.56 Å². The molecular weight excluding hydrogens is 462 g/mol. The normalized spacial score (nSPS) is 14.3. The van der Waals surface area contributed by atoms with Crippen LogP contribution in [0.5, 0.6) is 0 Å². The number of likely N-dealkylation sites (tertiary alicyclic amines) is 1. The van der Waals surface area contributed by atoms with E-state index in [2.05, 4.69) is 49.4 Å². The molecule has 0 bridgehead atoms. The lowest BCUT2D eigenvalue weighted by atomic mass is 10.0. The Morgan fingerprint density at radius 3 is 2.43 bits per heavy atom. The van der Waals surface area contributed by atoms with Crippen molar-refractivity contribution >= 4 is 5.82 Å². The van der Waals surface area contributed by atoms with Crippen molar-refractivity contribution in [2.75, 3.05) is 18.4 Å². The Hall–Kier alpha value is -4.35. The van der Waals surface area contributed by atoms with Crippen LogP contribution in [0.4, 0.5) is 5.82 Å². The molecule has 0 spiro atoms. The highest BCUT2D eigenvalue weighted by Crippen LogP contribution is 2.30. The molecule has 0 unspecified atom stereocenters. The first-order valence-corrected chi connectivity index (χ1v) is 12.5. The third-order valence-electron chi connectivity index (χ3n) is 6.83. The summed E-state index contributed by atoms with van der Waals surface area (Å²) in [7, 11) is 1.81. The average molecular weight is 492 g/mol. The molecule has 1 fully saturated rings.